The van der Waals surface area contributed by atoms with E-state index in [-0.39, 0.29) is 5.60 Å². The fourth-order valence-corrected chi connectivity index (χ4v) is 3.47. The maximum absolute atomic E-state index is 5.66. The molecule has 0 amide bonds. The van der Waals surface area contributed by atoms with Crippen LogP contribution in [0.4, 0.5) is 0 Å². The van der Waals surface area contributed by atoms with E-state index in [9.17, 15) is 0 Å². The molecular formula is C12H20O. The van der Waals surface area contributed by atoms with Crippen molar-refractivity contribution in [2.24, 2.45) is 17.8 Å². The molecule has 0 aromatic carbocycles. The Balaban J connectivity index is 2.08. The van der Waals surface area contributed by atoms with Crippen molar-refractivity contribution in [3.05, 3.63) is 12.8 Å². The van der Waals surface area contributed by atoms with Crippen molar-refractivity contribution in [1.29, 1.82) is 0 Å². The maximum Gasteiger partial charge on any atom is 0.106 e. The van der Waals surface area contributed by atoms with Crippen LogP contribution in [0.25, 0.3) is 0 Å². The van der Waals surface area contributed by atoms with Crippen LogP contribution >= 0.6 is 0 Å². The van der Waals surface area contributed by atoms with Crippen molar-refractivity contribution in [3.8, 4) is 0 Å². The Bertz CT molecular complexity index is 209. The first-order valence-corrected chi connectivity index (χ1v) is 5.42. The smallest absolute Gasteiger partial charge is 0.106 e. The van der Waals surface area contributed by atoms with E-state index in [2.05, 4.69) is 20.4 Å². The molecule has 2 aliphatic rings. The minimum absolute atomic E-state index is 0.0973. The van der Waals surface area contributed by atoms with E-state index in [0.717, 1.165) is 17.8 Å². The molecule has 0 saturated heterocycles. The highest BCUT2D eigenvalue weighted by Crippen LogP contribution is 2.50. The summed E-state index contributed by atoms with van der Waals surface area (Å²) in [5, 5.41) is 0. The van der Waals surface area contributed by atoms with Crippen LogP contribution in [0, 0.1) is 17.8 Å². The first kappa shape index (κ1) is 9.11. The van der Waals surface area contributed by atoms with Gasteiger partial charge in [-0.25, -0.2) is 0 Å². The minimum Gasteiger partial charge on any atom is -0.496 e. The molecule has 0 aromatic rings. The monoisotopic (exact) mass is 180 g/mol. The first-order chi connectivity index (χ1) is 6.13. The van der Waals surface area contributed by atoms with Crippen LogP contribution in [0.2, 0.25) is 0 Å². The minimum atomic E-state index is 0.0973. The average Bonchev–Trinajstić information content (AvgIpc) is 2.26. The summed E-state index contributed by atoms with van der Waals surface area (Å²) in [6.45, 7) is 8.30. The zero-order valence-electron chi connectivity index (χ0n) is 8.75. The van der Waals surface area contributed by atoms with Crippen LogP contribution in [0.3, 0.4) is 0 Å². The standard InChI is InChI=1S/C12H20O/c1-4-13-12(3)7-10-5-9(2)11(6-10)8-12/h4,9-11H,1,5-8H2,2-3H3. The van der Waals surface area contributed by atoms with E-state index in [1.165, 1.54) is 25.7 Å². The third kappa shape index (κ3) is 1.61. The van der Waals surface area contributed by atoms with Gasteiger partial charge in [0, 0.05) is 0 Å². The second-order valence-corrected chi connectivity index (χ2v) is 5.22. The van der Waals surface area contributed by atoms with Crippen LogP contribution in [-0.2, 0) is 4.74 Å². The molecule has 13 heavy (non-hydrogen) atoms. The summed E-state index contributed by atoms with van der Waals surface area (Å²) in [5.41, 5.74) is 0.0973. The van der Waals surface area contributed by atoms with E-state index < -0.39 is 0 Å². The lowest BCUT2D eigenvalue weighted by molar-refractivity contribution is -0.0191. The van der Waals surface area contributed by atoms with Gasteiger partial charge in [0.15, 0.2) is 0 Å². The average molecular weight is 180 g/mol. The molecular weight excluding hydrogens is 160 g/mol. The Morgan fingerprint density at radius 1 is 1.38 bits per heavy atom. The topological polar surface area (TPSA) is 9.23 Å². The highest BCUT2D eigenvalue weighted by Gasteiger charge is 2.45. The highest BCUT2D eigenvalue weighted by atomic mass is 16.5. The lowest BCUT2D eigenvalue weighted by Gasteiger charge is -2.37. The molecule has 1 heteroatoms. The van der Waals surface area contributed by atoms with Gasteiger partial charge < -0.3 is 4.74 Å². The molecule has 0 heterocycles. The molecule has 74 valence electrons. The van der Waals surface area contributed by atoms with Crippen molar-refractivity contribution >= 4 is 0 Å². The molecule has 2 saturated carbocycles. The van der Waals surface area contributed by atoms with Gasteiger partial charge in [0.25, 0.3) is 0 Å². The third-order valence-corrected chi connectivity index (χ3v) is 3.93. The first-order valence-electron chi connectivity index (χ1n) is 5.42. The second kappa shape index (κ2) is 3.04. The zero-order chi connectivity index (χ0) is 9.47. The quantitative estimate of drug-likeness (QED) is 0.592. The van der Waals surface area contributed by atoms with E-state index in [0.29, 0.717) is 0 Å². The van der Waals surface area contributed by atoms with Crippen LogP contribution in [0.5, 0.6) is 0 Å². The molecule has 2 bridgehead atoms. The summed E-state index contributed by atoms with van der Waals surface area (Å²) in [6, 6.07) is 0. The van der Waals surface area contributed by atoms with E-state index in [1.807, 2.05) is 0 Å². The summed E-state index contributed by atoms with van der Waals surface area (Å²) in [4.78, 5) is 0. The Hall–Kier alpha value is -0.460. The Labute approximate surface area is 81.2 Å². The lowest BCUT2D eigenvalue weighted by atomic mass is 9.77. The number of ether oxygens (including phenoxy) is 1. The van der Waals surface area contributed by atoms with Crippen LogP contribution in [-0.4, -0.2) is 5.60 Å². The van der Waals surface area contributed by atoms with Crippen LogP contribution < -0.4 is 0 Å². The van der Waals surface area contributed by atoms with Gasteiger partial charge in [-0.1, -0.05) is 13.5 Å². The fourth-order valence-electron chi connectivity index (χ4n) is 3.47. The molecule has 1 nitrogen and oxygen atoms in total. The van der Waals surface area contributed by atoms with Gasteiger partial charge in [-0.15, -0.1) is 0 Å². The predicted octanol–water partition coefficient (Wildman–Crippen LogP) is 3.36. The SMILES string of the molecule is C=COC1(C)CC2CC(C)C(C2)C1. The number of fused-ring (bicyclic) bond motifs is 2. The molecule has 0 aromatic heterocycles. The predicted molar refractivity (Wildman–Crippen MR) is 54.3 cm³/mol. The van der Waals surface area contributed by atoms with Crippen molar-refractivity contribution in [1.82, 2.24) is 0 Å². The highest BCUT2D eigenvalue weighted by molar-refractivity contribution is 4.96. The van der Waals surface area contributed by atoms with Gasteiger partial charge in [-0.05, 0) is 50.4 Å². The third-order valence-electron chi connectivity index (χ3n) is 3.93. The summed E-state index contributed by atoms with van der Waals surface area (Å²) < 4.78 is 5.66. The summed E-state index contributed by atoms with van der Waals surface area (Å²) in [6.07, 6.45) is 6.95. The van der Waals surface area contributed by atoms with Gasteiger partial charge in [0.05, 0.1) is 6.26 Å². The largest absolute Gasteiger partial charge is 0.496 e. The molecule has 4 unspecified atom stereocenters. The van der Waals surface area contributed by atoms with E-state index in [1.54, 1.807) is 6.26 Å². The van der Waals surface area contributed by atoms with Gasteiger partial charge in [-0.3, -0.25) is 0 Å². The number of rotatable bonds is 2. The normalized spacial score (nSPS) is 48.9. The van der Waals surface area contributed by atoms with Gasteiger partial charge >= 0.3 is 0 Å². The van der Waals surface area contributed by atoms with Crippen LogP contribution in [0.15, 0.2) is 12.8 Å². The van der Waals surface area contributed by atoms with Gasteiger partial charge in [0.2, 0.25) is 0 Å². The molecule has 4 atom stereocenters. The van der Waals surface area contributed by atoms with Gasteiger partial charge in [0.1, 0.15) is 5.60 Å². The molecule has 0 radical (unpaired) electrons. The molecule has 2 aliphatic carbocycles. The Kier molecular flexibility index (Phi) is 2.13. The Morgan fingerprint density at radius 2 is 2.15 bits per heavy atom. The van der Waals surface area contributed by atoms with E-state index in [4.69, 9.17) is 4.74 Å². The second-order valence-electron chi connectivity index (χ2n) is 5.22. The summed E-state index contributed by atoms with van der Waals surface area (Å²) in [7, 11) is 0. The molecule has 2 fully saturated rings. The Morgan fingerprint density at radius 3 is 2.77 bits per heavy atom. The number of hydrogen-bond acceptors (Lipinski definition) is 1. The molecule has 2 rings (SSSR count). The number of hydrogen-bond donors (Lipinski definition) is 0. The molecule has 0 N–H and O–H groups in total. The fraction of sp³-hybridized carbons (Fsp3) is 0.833. The van der Waals surface area contributed by atoms with Gasteiger partial charge in [-0.2, -0.15) is 0 Å². The van der Waals surface area contributed by atoms with Crippen molar-refractivity contribution in [3.63, 3.8) is 0 Å². The van der Waals surface area contributed by atoms with E-state index >= 15 is 0 Å². The summed E-state index contributed by atoms with van der Waals surface area (Å²) in [5.74, 6) is 2.74. The van der Waals surface area contributed by atoms with Crippen molar-refractivity contribution in [2.45, 2.75) is 45.1 Å². The summed E-state index contributed by atoms with van der Waals surface area (Å²) >= 11 is 0. The lowest BCUT2D eigenvalue weighted by Crippen LogP contribution is -2.34. The van der Waals surface area contributed by atoms with Crippen LogP contribution in [0.1, 0.15) is 39.5 Å². The van der Waals surface area contributed by atoms with Crippen molar-refractivity contribution < 1.29 is 4.74 Å². The zero-order valence-corrected chi connectivity index (χ0v) is 8.75. The maximum atomic E-state index is 5.66. The molecule has 0 spiro atoms. The molecule has 0 aliphatic heterocycles. The van der Waals surface area contributed by atoms with Crippen molar-refractivity contribution in [2.75, 3.05) is 0 Å².